The van der Waals surface area contributed by atoms with Gasteiger partial charge in [0, 0.05) is 4.90 Å². The molecule has 1 unspecified atom stereocenters. The zero-order chi connectivity index (χ0) is 13.1. The van der Waals surface area contributed by atoms with Gasteiger partial charge in [-0.05, 0) is 24.8 Å². The van der Waals surface area contributed by atoms with Gasteiger partial charge in [0.2, 0.25) is 11.8 Å². The Morgan fingerprint density at radius 3 is 2.78 bits per heavy atom. The van der Waals surface area contributed by atoms with Gasteiger partial charge in [-0.2, -0.15) is 0 Å². The molecule has 1 saturated heterocycles. The van der Waals surface area contributed by atoms with Crippen LogP contribution in [0.2, 0.25) is 0 Å². The van der Waals surface area contributed by atoms with Gasteiger partial charge < -0.3 is 10.2 Å². The number of benzene rings is 1. The fourth-order valence-electron chi connectivity index (χ4n) is 2.04. The number of hydrogen-bond donors (Lipinski definition) is 1. The summed E-state index contributed by atoms with van der Waals surface area (Å²) in [5, 5.41) is 2.72. The topological polar surface area (TPSA) is 49.4 Å². The maximum Gasteiger partial charge on any atom is 0.250 e. The fourth-order valence-corrected chi connectivity index (χ4v) is 2.65. The van der Waals surface area contributed by atoms with E-state index in [1.165, 1.54) is 0 Å². The molecule has 18 heavy (non-hydrogen) atoms. The lowest BCUT2D eigenvalue weighted by atomic mass is 10.1. The van der Waals surface area contributed by atoms with Crippen LogP contribution in [0, 0.1) is 0 Å². The van der Waals surface area contributed by atoms with Crippen LogP contribution in [0.1, 0.15) is 13.3 Å². The Labute approximate surface area is 111 Å². The molecule has 2 rings (SSSR count). The molecule has 1 aromatic carbocycles. The van der Waals surface area contributed by atoms with Crippen LogP contribution < -0.4 is 10.2 Å². The zero-order valence-corrected chi connectivity index (χ0v) is 11.3. The van der Waals surface area contributed by atoms with Gasteiger partial charge >= 0.3 is 0 Å². The smallest absolute Gasteiger partial charge is 0.250 e. The maximum absolute atomic E-state index is 12.3. The van der Waals surface area contributed by atoms with E-state index in [2.05, 4.69) is 5.32 Å². The number of thioether (sulfide) groups is 1. The fraction of sp³-hybridized carbons (Fsp3) is 0.385. The van der Waals surface area contributed by atoms with Crippen LogP contribution >= 0.6 is 11.8 Å². The van der Waals surface area contributed by atoms with Crippen molar-refractivity contribution in [2.24, 2.45) is 0 Å². The van der Waals surface area contributed by atoms with Crippen LogP contribution in [0.15, 0.2) is 29.2 Å². The van der Waals surface area contributed by atoms with E-state index in [4.69, 9.17) is 0 Å². The van der Waals surface area contributed by atoms with Crippen LogP contribution in [-0.4, -0.2) is 30.7 Å². The van der Waals surface area contributed by atoms with Crippen LogP contribution in [0.25, 0.3) is 0 Å². The summed E-state index contributed by atoms with van der Waals surface area (Å²) >= 11 is 1.58. The third-order valence-electron chi connectivity index (χ3n) is 2.99. The molecule has 0 aliphatic carbocycles. The molecule has 1 N–H and O–H groups in total. The summed E-state index contributed by atoms with van der Waals surface area (Å²) in [7, 11) is 0. The monoisotopic (exact) mass is 264 g/mol. The van der Waals surface area contributed by atoms with Crippen LogP contribution in [-0.2, 0) is 9.59 Å². The van der Waals surface area contributed by atoms with Gasteiger partial charge in [-0.15, -0.1) is 11.8 Å². The second kappa shape index (κ2) is 5.44. The lowest BCUT2D eigenvalue weighted by molar-refractivity contribution is -0.131. The molecule has 0 radical (unpaired) electrons. The molecule has 5 heteroatoms. The van der Waals surface area contributed by atoms with Crippen LogP contribution in [0.3, 0.4) is 0 Å². The molecular formula is C13H16N2O2S. The third kappa shape index (κ3) is 2.36. The van der Waals surface area contributed by atoms with Crippen molar-refractivity contribution in [2.45, 2.75) is 24.3 Å². The number of carbonyl (C=O) groups is 2. The number of piperazine rings is 1. The molecule has 1 atom stereocenters. The molecule has 2 amide bonds. The second-order valence-electron chi connectivity index (χ2n) is 4.12. The third-order valence-corrected chi connectivity index (χ3v) is 3.77. The van der Waals surface area contributed by atoms with Gasteiger partial charge in [0.1, 0.15) is 12.6 Å². The average Bonchev–Trinajstić information content (AvgIpc) is 2.41. The highest BCUT2D eigenvalue weighted by molar-refractivity contribution is 7.98. The number of rotatable bonds is 3. The molecule has 0 aromatic heterocycles. The molecule has 1 fully saturated rings. The first-order chi connectivity index (χ1) is 8.67. The number of nitrogens with zero attached hydrogens (tertiary/aromatic N) is 1. The summed E-state index contributed by atoms with van der Waals surface area (Å²) in [6.45, 7) is 2.00. The van der Waals surface area contributed by atoms with Crippen LogP contribution in [0.4, 0.5) is 5.69 Å². The summed E-state index contributed by atoms with van der Waals surface area (Å²) in [6.07, 6.45) is 2.58. The highest BCUT2D eigenvalue weighted by atomic mass is 32.2. The van der Waals surface area contributed by atoms with Crippen molar-refractivity contribution in [1.82, 2.24) is 5.32 Å². The number of amides is 2. The highest BCUT2D eigenvalue weighted by Gasteiger charge is 2.33. The number of para-hydroxylation sites is 1. The van der Waals surface area contributed by atoms with Gasteiger partial charge in [-0.25, -0.2) is 0 Å². The van der Waals surface area contributed by atoms with Gasteiger partial charge in [0.25, 0.3) is 0 Å². The molecular weight excluding hydrogens is 248 g/mol. The Bertz CT molecular complexity index is 476. The Hall–Kier alpha value is -1.49. The van der Waals surface area contributed by atoms with Crippen molar-refractivity contribution in [3.63, 3.8) is 0 Å². The molecule has 1 aromatic rings. The zero-order valence-electron chi connectivity index (χ0n) is 10.5. The Morgan fingerprint density at radius 2 is 2.11 bits per heavy atom. The van der Waals surface area contributed by atoms with E-state index in [1.807, 2.05) is 37.4 Å². The van der Waals surface area contributed by atoms with Crippen molar-refractivity contribution < 1.29 is 9.59 Å². The van der Waals surface area contributed by atoms with Crippen molar-refractivity contribution >= 4 is 29.3 Å². The molecule has 1 aliphatic rings. The number of nitrogens with one attached hydrogen (secondary N) is 1. The first kappa shape index (κ1) is 13.0. The summed E-state index contributed by atoms with van der Waals surface area (Å²) in [4.78, 5) is 26.5. The van der Waals surface area contributed by atoms with Crippen molar-refractivity contribution in [3.8, 4) is 0 Å². The average molecular weight is 264 g/mol. The van der Waals surface area contributed by atoms with E-state index < -0.39 is 6.04 Å². The molecule has 0 saturated carbocycles. The van der Waals surface area contributed by atoms with Crippen molar-refractivity contribution in [1.29, 1.82) is 0 Å². The predicted octanol–water partition coefficient (Wildman–Crippen LogP) is 1.65. The minimum absolute atomic E-state index is 0.0291. The predicted molar refractivity (Wildman–Crippen MR) is 72.8 cm³/mol. The van der Waals surface area contributed by atoms with Crippen molar-refractivity contribution in [3.05, 3.63) is 24.3 Å². The summed E-state index contributed by atoms with van der Waals surface area (Å²) in [5.41, 5.74) is 0.823. The normalized spacial score (nSPS) is 19.9. The number of hydrogen-bond acceptors (Lipinski definition) is 3. The summed E-state index contributed by atoms with van der Waals surface area (Å²) < 4.78 is 0. The van der Waals surface area contributed by atoms with E-state index in [0.29, 0.717) is 6.42 Å². The summed E-state index contributed by atoms with van der Waals surface area (Å²) in [5.74, 6) is -0.129. The first-order valence-corrected chi connectivity index (χ1v) is 7.13. The van der Waals surface area contributed by atoms with Gasteiger partial charge in [-0.3, -0.25) is 9.59 Å². The molecule has 0 spiro atoms. The standard InChI is InChI=1S/C13H16N2O2S/c1-3-9-13(17)15(8-12(16)14-9)10-6-4-5-7-11(10)18-2/h4-7,9H,3,8H2,1-2H3,(H,14,16). The van der Waals surface area contributed by atoms with E-state index in [-0.39, 0.29) is 18.4 Å². The molecule has 1 aliphatic heterocycles. The molecule has 0 bridgehead atoms. The number of carbonyl (C=O) groups excluding carboxylic acids is 2. The Morgan fingerprint density at radius 1 is 1.39 bits per heavy atom. The Balaban J connectivity index is 2.36. The lowest BCUT2D eigenvalue weighted by Gasteiger charge is -2.33. The largest absolute Gasteiger partial charge is 0.343 e. The number of anilines is 1. The first-order valence-electron chi connectivity index (χ1n) is 5.91. The minimum atomic E-state index is -0.402. The molecule has 96 valence electrons. The maximum atomic E-state index is 12.3. The van der Waals surface area contributed by atoms with Crippen LogP contribution in [0.5, 0.6) is 0 Å². The van der Waals surface area contributed by atoms with Gasteiger partial charge in [0.05, 0.1) is 5.69 Å². The molecule has 1 heterocycles. The minimum Gasteiger partial charge on any atom is -0.343 e. The second-order valence-corrected chi connectivity index (χ2v) is 4.97. The van der Waals surface area contributed by atoms with Gasteiger partial charge in [0.15, 0.2) is 0 Å². The van der Waals surface area contributed by atoms with E-state index in [0.717, 1.165) is 10.6 Å². The Kier molecular flexibility index (Phi) is 3.91. The quantitative estimate of drug-likeness (QED) is 0.845. The van der Waals surface area contributed by atoms with E-state index >= 15 is 0 Å². The van der Waals surface area contributed by atoms with E-state index in [1.54, 1.807) is 16.7 Å². The highest BCUT2D eigenvalue weighted by Crippen LogP contribution is 2.29. The van der Waals surface area contributed by atoms with Crippen molar-refractivity contribution in [2.75, 3.05) is 17.7 Å². The lowest BCUT2D eigenvalue weighted by Crippen LogP contribution is -2.58. The van der Waals surface area contributed by atoms with Gasteiger partial charge in [-0.1, -0.05) is 19.1 Å². The van der Waals surface area contributed by atoms with E-state index in [9.17, 15) is 9.59 Å². The molecule has 4 nitrogen and oxygen atoms in total. The SMILES string of the molecule is CCC1NC(=O)CN(c2ccccc2SC)C1=O. The summed E-state index contributed by atoms with van der Waals surface area (Å²) in [6, 6.07) is 7.26.